The number of rotatable bonds is 0. The minimum atomic E-state index is -0.429. The zero-order valence-corrected chi connectivity index (χ0v) is 15.7. The fraction of sp³-hybridized carbons (Fsp3) is 0.727. The molecule has 1 spiro atoms. The molecule has 0 bridgehead atoms. The molecule has 1 heterocycles. The summed E-state index contributed by atoms with van der Waals surface area (Å²) in [5.74, 6) is 0.989. The highest BCUT2D eigenvalue weighted by Crippen LogP contribution is 2.68. The highest BCUT2D eigenvalue weighted by Gasteiger charge is 2.68. The van der Waals surface area contributed by atoms with Gasteiger partial charge in [-0.1, -0.05) is 26.0 Å². The standard InChI is InChI=1S/C22H28O4/c1-20-8-5-14(23)11-13(20)3-4-15-16-6-9-22(10-7-18(25)26-22)21(16,2)12-17(24)19(15)20/h3-4,11,15-17,19,24H,5-10,12H2,1-2H3. The third-order valence-corrected chi connectivity index (χ3v) is 8.79. The fourth-order valence-corrected chi connectivity index (χ4v) is 7.41. The summed E-state index contributed by atoms with van der Waals surface area (Å²) >= 11 is 0. The molecule has 140 valence electrons. The Hall–Kier alpha value is -1.42. The lowest BCUT2D eigenvalue weighted by Crippen LogP contribution is -2.58. The second-order valence-corrected chi connectivity index (χ2v) is 9.75. The molecule has 2 saturated carbocycles. The largest absolute Gasteiger partial charge is 0.458 e. The molecule has 7 atom stereocenters. The molecule has 5 aliphatic rings. The number of fused-ring (bicyclic) bond motifs is 6. The summed E-state index contributed by atoms with van der Waals surface area (Å²) in [5.41, 5.74) is 0.425. The summed E-state index contributed by atoms with van der Waals surface area (Å²) in [4.78, 5) is 23.8. The molecule has 0 amide bonds. The summed E-state index contributed by atoms with van der Waals surface area (Å²) in [6.45, 7) is 4.48. The van der Waals surface area contributed by atoms with E-state index in [-0.39, 0.29) is 40.0 Å². The Morgan fingerprint density at radius 3 is 2.69 bits per heavy atom. The molecule has 1 saturated heterocycles. The Morgan fingerprint density at radius 1 is 1.15 bits per heavy atom. The van der Waals surface area contributed by atoms with E-state index in [2.05, 4.69) is 26.0 Å². The molecule has 1 aliphatic heterocycles. The lowest BCUT2D eigenvalue weighted by Gasteiger charge is -2.58. The van der Waals surface area contributed by atoms with Gasteiger partial charge in [-0.25, -0.2) is 0 Å². The van der Waals surface area contributed by atoms with Gasteiger partial charge in [-0.2, -0.15) is 0 Å². The fourth-order valence-electron chi connectivity index (χ4n) is 7.41. The second kappa shape index (κ2) is 5.09. The SMILES string of the molecule is CC12CCC(=O)C=C1C=CC1C2C(O)CC2(C)C1CCC21CCC(=O)O1. The van der Waals surface area contributed by atoms with Crippen LogP contribution in [0.4, 0.5) is 0 Å². The van der Waals surface area contributed by atoms with Crippen LogP contribution in [0.5, 0.6) is 0 Å². The summed E-state index contributed by atoms with van der Waals surface area (Å²) in [6, 6.07) is 0. The average Bonchev–Trinajstić information content (AvgIpc) is 3.09. The van der Waals surface area contributed by atoms with Crippen molar-refractivity contribution in [2.45, 2.75) is 70.5 Å². The maximum Gasteiger partial charge on any atom is 0.306 e. The van der Waals surface area contributed by atoms with E-state index >= 15 is 0 Å². The van der Waals surface area contributed by atoms with Gasteiger partial charge in [0, 0.05) is 24.2 Å². The van der Waals surface area contributed by atoms with Crippen molar-refractivity contribution >= 4 is 11.8 Å². The van der Waals surface area contributed by atoms with Crippen LogP contribution in [0.3, 0.4) is 0 Å². The van der Waals surface area contributed by atoms with Crippen molar-refractivity contribution in [2.75, 3.05) is 0 Å². The number of ketones is 1. The van der Waals surface area contributed by atoms with Gasteiger partial charge < -0.3 is 9.84 Å². The van der Waals surface area contributed by atoms with Crippen molar-refractivity contribution in [1.82, 2.24) is 0 Å². The zero-order valence-electron chi connectivity index (χ0n) is 15.7. The first kappa shape index (κ1) is 16.7. The quantitative estimate of drug-likeness (QED) is 0.676. The Morgan fingerprint density at radius 2 is 1.96 bits per heavy atom. The molecule has 26 heavy (non-hydrogen) atoms. The van der Waals surface area contributed by atoms with E-state index in [1.807, 2.05) is 0 Å². The zero-order chi connectivity index (χ0) is 18.3. The maximum absolute atomic E-state index is 11.9. The second-order valence-electron chi connectivity index (χ2n) is 9.75. The third-order valence-electron chi connectivity index (χ3n) is 8.79. The number of hydrogen-bond acceptors (Lipinski definition) is 4. The minimum Gasteiger partial charge on any atom is -0.458 e. The van der Waals surface area contributed by atoms with Gasteiger partial charge in [0.1, 0.15) is 5.60 Å². The summed E-state index contributed by atoms with van der Waals surface area (Å²) in [6.07, 6.45) is 11.1. The molecular formula is C22H28O4. The molecular weight excluding hydrogens is 328 g/mol. The molecule has 4 heteroatoms. The number of aliphatic hydroxyl groups excluding tert-OH is 1. The molecule has 0 aromatic carbocycles. The van der Waals surface area contributed by atoms with Gasteiger partial charge in [-0.05, 0) is 61.0 Å². The molecule has 0 aromatic rings. The van der Waals surface area contributed by atoms with E-state index < -0.39 is 6.10 Å². The minimum absolute atomic E-state index is 0.0781. The average molecular weight is 356 g/mol. The molecule has 1 N–H and O–H groups in total. The molecule has 3 fully saturated rings. The van der Waals surface area contributed by atoms with Gasteiger partial charge in [-0.3, -0.25) is 9.59 Å². The predicted octanol–water partition coefficient (Wildman–Crippen LogP) is 3.34. The van der Waals surface area contributed by atoms with Crippen molar-refractivity contribution in [3.8, 4) is 0 Å². The monoisotopic (exact) mass is 356 g/mol. The highest BCUT2D eigenvalue weighted by molar-refractivity contribution is 5.92. The maximum atomic E-state index is 11.9. The Bertz CT molecular complexity index is 751. The van der Waals surface area contributed by atoms with E-state index in [9.17, 15) is 14.7 Å². The van der Waals surface area contributed by atoms with E-state index in [1.165, 1.54) is 0 Å². The van der Waals surface area contributed by atoms with Crippen LogP contribution in [-0.2, 0) is 14.3 Å². The highest BCUT2D eigenvalue weighted by atomic mass is 16.6. The van der Waals surface area contributed by atoms with E-state index in [0.29, 0.717) is 25.2 Å². The number of allylic oxidation sites excluding steroid dienone is 4. The van der Waals surface area contributed by atoms with Gasteiger partial charge in [-0.15, -0.1) is 0 Å². The molecule has 4 nitrogen and oxygen atoms in total. The molecule has 7 unspecified atom stereocenters. The molecule has 0 aromatic heterocycles. The van der Waals surface area contributed by atoms with Gasteiger partial charge >= 0.3 is 5.97 Å². The van der Waals surface area contributed by atoms with E-state index in [0.717, 1.165) is 31.3 Å². The topological polar surface area (TPSA) is 63.6 Å². The van der Waals surface area contributed by atoms with Crippen molar-refractivity contribution in [2.24, 2.45) is 28.6 Å². The van der Waals surface area contributed by atoms with Crippen LogP contribution in [0.2, 0.25) is 0 Å². The molecule has 5 rings (SSSR count). The van der Waals surface area contributed by atoms with Crippen LogP contribution in [0.25, 0.3) is 0 Å². The smallest absolute Gasteiger partial charge is 0.306 e. The molecule has 0 radical (unpaired) electrons. The van der Waals surface area contributed by atoms with Crippen LogP contribution in [-0.4, -0.2) is 28.6 Å². The van der Waals surface area contributed by atoms with Crippen molar-refractivity contribution < 1.29 is 19.4 Å². The van der Waals surface area contributed by atoms with Crippen LogP contribution >= 0.6 is 0 Å². The van der Waals surface area contributed by atoms with Gasteiger partial charge in [0.15, 0.2) is 5.78 Å². The number of carbonyl (C=O) groups is 2. The van der Waals surface area contributed by atoms with Gasteiger partial charge in [0.25, 0.3) is 0 Å². The predicted molar refractivity (Wildman–Crippen MR) is 96.1 cm³/mol. The number of carbonyl (C=O) groups excluding carboxylic acids is 2. The normalized spacial score (nSPS) is 52.3. The molecule has 4 aliphatic carbocycles. The van der Waals surface area contributed by atoms with Crippen LogP contribution < -0.4 is 0 Å². The first-order valence-corrected chi connectivity index (χ1v) is 10.1. The third kappa shape index (κ3) is 1.89. The van der Waals surface area contributed by atoms with Crippen LogP contribution in [0.1, 0.15) is 58.8 Å². The number of esters is 1. The van der Waals surface area contributed by atoms with Crippen LogP contribution in [0.15, 0.2) is 23.8 Å². The first-order chi connectivity index (χ1) is 12.3. The number of hydrogen-bond donors (Lipinski definition) is 1. The number of aliphatic hydroxyl groups is 1. The summed E-state index contributed by atoms with van der Waals surface area (Å²) in [5, 5.41) is 11.3. The Kier molecular flexibility index (Phi) is 3.28. The van der Waals surface area contributed by atoms with Gasteiger partial charge in [0.2, 0.25) is 0 Å². The summed E-state index contributed by atoms with van der Waals surface area (Å²) < 4.78 is 5.93. The Labute approximate surface area is 154 Å². The van der Waals surface area contributed by atoms with Crippen molar-refractivity contribution in [3.63, 3.8) is 0 Å². The van der Waals surface area contributed by atoms with Crippen LogP contribution in [0, 0.1) is 28.6 Å². The van der Waals surface area contributed by atoms with Crippen molar-refractivity contribution in [1.29, 1.82) is 0 Å². The van der Waals surface area contributed by atoms with E-state index in [4.69, 9.17) is 4.74 Å². The Balaban J connectivity index is 1.58. The van der Waals surface area contributed by atoms with E-state index in [1.54, 1.807) is 6.08 Å². The lowest BCUT2D eigenvalue weighted by atomic mass is 9.47. The first-order valence-electron chi connectivity index (χ1n) is 10.1. The number of ether oxygens (including phenoxy) is 1. The van der Waals surface area contributed by atoms with Gasteiger partial charge in [0.05, 0.1) is 6.10 Å². The lowest BCUT2D eigenvalue weighted by molar-refractivity contribution is -0.177. The van der Waals surface area contributed by atoms with Crippen molar-refractivity contribution in [3.05, 3.63) is 23.8 Å². The summed E-state index contributed by atoms with van der Waals surface area (Å²) in [7, 11) is 0.